The van der Waals surface area contributed by atoms with E-state index in [2.05, 4.69) is 22.4 Å². The maximum atomic E-state index is 5.68. The maximum absolute atomic E-state index is 5.68. The van der Waals surface area contributed by atoms with E-state index >= 15 is 0 Å². The van der Waals surface area contributed by atoms with Crippen molar-refractivity contribution in [2.24, 2.45) is 0 Å². The molecular formula is C14H21N3O2S. The summed E-state index contributed by atoms with van der Waals surface area (Å²) in [4.78, 5) is 0. The van der Waals surface area contributed by atoms with E-state index in [1.165, 1.54) is 0 Å². The number of furan rings is 1. The first-order valence-electron chi connectivity index (χ1n) is 6.94. The minimum absolute atomic E-state index is 0.751. The van der Waals surface area contributed by atoms with Crippen molar-refractivity contribution >= 4 is 11.3 Å². The standard InChI is InChI=1S/C14H21N3O2S/c1-3-11-6-7-12(19-11)14-17-16-13(20-14)5-4-8-15-9-10-18-2/h6-7,15H,3-5,8-10H2,1-2H3. The zero-order valence-electron chi connectivity index (χ0n) is 12.0. The third kappa shape index (κ3) is 4.40. The second kappa shape index (κ2) is 8.14. The van der Waals surface area contributed by atoms with E-state index in [-0.39, 0.29) is 0 Å². The van der Waals surface area contributed by atoms with Crippen molar-refractivity contribution in [3.63, 3.8) is 0 Å². The van der Waals surface area contributed by atoms with Crippen LogP contribution in [0.15, 0.2) is 16.5 Å². The minimum atomic E-state index is 0.751. The van der Waals surface area contributed by atoms with E-state index in [0.717, 1.165) is 60.5 Å². The average Bonchev–Trinajstić information content (AvgIpc) is 3.11. The first kappa shape index (κ1) is 15.2. The fourth-order valence-electron chi connectivity index (χ4n) is 1.80. The highest BCUT2D eigenvalue weighted by molar-refractivity contribution is 7.14. The fourth-order valence-corrected chi connectivity index (χ4v) is 2.64. The molecule has 0 fully saturated rings. The lowest BCUT2D eigenvalue weighted by molar-refractivity contribution is 0.199. The lowest BCUT2D eigenvalue weighted by atomic mass is 10.3. The Labute approximate surface area is 123 Å². The summed E-state index contributed by atoms with van der Waals surface area (Å²) in [5.41, 5.74) is 0. The molecular weight excluding hydrogens is 274 g/mol. The van der Waals surface area contributed by atoms with Crippen molar-refractivity contribution in [1.29, 1.82) is 0 Å². The highest BCUT2D eigenvalue weighted by Crippen LogP contribution is 2.26. The molecule has 2 aromatic rings. The van der Waals surface area contributed by atoms with Gasteiger partial charge in [0.1, 0.15) is 10.8 Å². The van der Waals surface area contributed by atoms with Gasteiger partial charge in [0.05, 0.1) is 6.61 Å². The molecule has 0 aliphatic heterocycles. The van der Waals surface area contributed by atoms with Gasteiger partial charge < -0.3 is 14.5 Å². The monoisotopic (exact) mass is 295 g/mol. The Morgan fingerprint density at radius 3 is 2.95 bits per heavy atom. The third-order valence-corrected chi connectivity index (χ3v) is 3.91. The lowest BCUT2D eigenvalue weighted by Gasteiger charge is -2.01. The Morgan fingerprint density at radius 2 is 2.20 bits per heavy atom. The Bertz CT molecular complexity index is 510. The molecule has 2 rings (SSSR count). The molecule has 1 N–H and O–H groups in total. The summed E-state index contributed by atoms with van der Waals surface area (Å²) < 4.78 is 10.7. The predicted molar refractivity (Wildman–Crippen MR) is 80.1 cm³/mol. The van der Waals surface area contributed by atoms with Gasteiger partial charge in [0.2, 0.25) is 0 Å². The number of hydrogen-bond acceptors (Lipinski definition) is 6. The van der Waals surface area contributed by atoms with Crippen LogP contribution >= 0.6 is 11.3 Å². The van der Waals surface area contributed by atoms with Gasteiger partial charge in [-0.15, -0.1) is 10.2 Å². The Morgan fingerprint density at radius 1 is 1.30 bits per heavy atom. The average molecular weight is 295 g/mol. The molecule has 0 radical (unpaired) electrons. The van der Waals surface area contributed by atoms with Crippen LogP contribution in [0.4, 0.5) is 0 Å². The third-order valence-electron chi connectivity index (χ3n) is 2.91. The van der Waals surface area contributed by atoms with E-state index < -0.39 is 0 Å². The first-order valence-corrected chi connectivity index (χ1v) is 7.76. The van der Waals surface area contributed by atoms with Crippen molar-refractivity contribution in [1.82, 2.24) is 15.5 Å². The fraction of sp³-hybridized carbons (Fsp3) is 0.571. The minimum Gasteiger partial charge on any atom is -0.459 e. The van der Waals surface area contributed by atoms with Crippen molar-refractivity contribution in [2.75, 3.05) is 26.8 Å². The zero-order chi connectivity index (χ0) is 14.2. The van der Waals surface area contributed by atoms with Gasteiger partial charge in [-0.2, -0.15) is 0 Å². The number of nitrogens with zero attached hydrogens (tertiary/aromatic N) is 2. The quantitative estimate of drug-likeness (QED) is 0.720. The summed E-state index contributed by atoms with van der Waals surface area (Å²) in [5, 5.41) is 13.7. The molecule has 2 aromatic heterocycles. The normalized spacial score (nSPS) is 11.1. The molecule has 0 unspecified atom stereocenters. The number of methoxy groups -OCH3 is 1. The molecule has 6 heteroatoms. The number of rotatable bonds is 9. The Kier molecular flexibility index (Phi) is 6.17. The molecule has 0 saturated carbocycles. The molecule has 0 bridgehead atoms. The molecule has 0 aliphatic rings. The van der Waals surface area contributed by atoms with Crippen LogP contribution in [0.5, 0.6) is 0 Å². The molecule has 5 nitrogen and oxygen atoms in total. The zero-order valence-corrected chi connectivity index (χ0v) is 12.8. The van der Waals surface area contributed by atoms with Gasteiger partial charge in [-0.05, 0) is 25.1 Å². The van der Waals surface area contributed by atoms with Gasteiger partial charge >= 0.3 is 0 Å². The first-order chi connectivity index (χ1) is 9.83. The van der Waals surface area contributed by atoms with Crippen LogP contribution in [-0.2, 0) is 17.6 Å². The molecule has 0 spiro atoms. The van der Waals surface area contributed by atoms with Gasteiger partial charge in [-0.3, -0.25) is 0 Å². The van der Waals surface area contributed by atoms with Crippen LogP contribution in [-0.4, -0.2) is 37.0 Å². The van der Waals surface area contributed by atoms with Gasteiger partial charge in [-0.25, -0.2) is 0 Å². The number of hydrogen-bond donors (Lipinski definition) is 1. The van der Waals surface area contributed by atoms with E-state index in [0.29, 0.717) is 0 Å². The van der Waals surface area contributed by atoms with Crippen molar-refractivity contribution in [3.05, 3.63) is 22.9 Å². The van der Waals surface area contributed by atoms with Crippen LogP contribution in [0.25, 0.3) is 10.8 Å². The topological polar surface area (TPSA) is 60.2 Å². The molecule has 0 aliphatic carbocycles. The van der Waals surface area contributed by atoms with Crippen LogP contribution in [0, 0.1) is 0 Å². The second-order valence-electron chi connectivity index (χ2n) is 4.47. The molecule has 0 amide bonds. The molecule has 20 heavy (non-hydrogen) atoms. The number of ether oxygens (including phenoxy) is 1. The predicted octanol–water partition coefficient (Wildman–Crippen LogP) is 2.53. The largest absolute Gasteiger partial charge is 0.459 e. The van der Waals surface area contributed by atoms with Crippen molar-refractivity contribution in [3.8, 4) is 10.8 Å². The van der Waals surface area contributed by atoms with Gasteiger partial charge in [-0.1, -0.05) is 18.3 Å². The lowest BCUT2D eigenvalue weighted by Crippen LogP contribution is -2.20. The van der Waals surface area contributed by atoms with Crippen LogP contribution in [0.2, 0.25) is 0 Å². The summed E-state index contributed by atoms with van der Waals surface area (Å²) in [6, 6.07) is 3.96. The number of aryl methyl sites for hydroxylation is 2. The summed E-state index contributed by atoms with van der Waals surface area (Å²) in [6.45, 7) is 4.69. The molecule has 0 aromatic carbocycles. The van der Waals surface area contributed by atoms with Gasteiger partial charge in [0.25, 0.3) is 0 Å². The molecule has 0 atom stereocenters. The summed E-state index contributed by atoms with van der Waals surface area (Å²) >= 11 is 1.61. The van der Waals surface area contributed by atoms with E-state index in [1.807, 2.05) is 12.1 Å². The number of nitrogens with one attached hydrogen (secondary N) is 1. The Balaban J connectivity index is 1.77. The van der Waals surface area contributed by atoms with Crippen LogP contribution in [0.3, 0.4) is 0 Å². The summed E-state index contributed by atoms with van der Waals surface area (Å²) in [7, 11) is 1.71. The SMILES string of the molecule is CCc1ccc(-c2nnc(CCCNCCOC)s2)o1. The van der Waals surface area contributed by atoms with E-state index in [4.69, 9.17) is 9.15 Å². The molecule has 0 saturated heterocycles. The highest BCUT2D eigenvalue weighted by atomic mass is 32.1. The van der Waals surface area contributed by atoms with Gasteiger partial charge in [0, 0.05) is 26.5 Å². The summed E-state index contributed by atoms with van der Waals surface area (Å²) in [6.07, 6.45) is 2.90. The van der Waals surface area contributed by atoms with Gasteiger partial charge in [0.15, 0.2) is 10.8 Å². The molecule has 2 heterocycles. The van der Waals surface area contributed by atoms with E-state index in [9.17, 15) is 0 Å². The molecule has 110 valence electrons. The highest BCUT2D eigenvalue weighted by Gasteiger charge is 2.10. The Hall–Kier alpha value is -1.24. The van der Waals surface area contributed by atoms with E-state index in [1.54, 1.807) is 18.4 Å². The maximum Gasteiger partial charge on any atom is 0.183 e. The second-order valence-corrected chi connectivity index (χ2v) is 5.53. The van der Waals surface area contributed by atoms with Crippen LogP contribution in [0.1, 0.15) is 24.1 Å². The van der Waals surface area contributed by atoms with Crippen molar-refractivity contribution in [2.45, 2.75) is 26.2 Å². The summed E-state index contributed by atoms with van der Waals surface area (Å²) in [5.74, 6) is 1.81. The van der Waals surface area contributed by atoms with Crippen molar-refractivity contribution < 1.29 is 9.15 Å². The smallest absolute Gasteiger partial charge is 0.183 e. The number of aromatic nitrogens is 2. The van der Waals surface area contributed by atoms with Crippen LogP contribution < -0.4 is 5.32 Å².